The highest BCUT2D eigenvalue weighted by Crippen LogP contribution is 2.54. The van der Waals surface area contributed by atoms with Gasteiger partial charge in [-0.05, 0) is 39.0 Å². The van der Waals surface area contributed by atoms with Gasteiger partial charge in [-0.1, -0.05) is 52.0 Å². The van der Waals surface area contributed by atoms with Gasteiger partial charge in [0, 0.05) is 25.2 Å². The van der Waals surface area contributed by atoms with Crippen LogP contribution in [0.3, 0.4) is 0 Å². The molecular weight excluding hydrogens is 458 g/mol. The Labute approximate surface area is 215 Å². The second-order valence-corrected chi connectivity index (χ2v) is 12.7. The van der Waals surface area contributed by atoms with Crippen molar-refractivity contribution in [2.24, 2.45) is 17.3 Å². The molecule has 1 N–H and O–H groups in total. The lowest BCUT2D eigenvalue weighted by Crippen LogP contribution is -2.61. The summed E-state index contributed by atoms with van der Waals surface area (Å²) in [5.74, 6) is -2.10. The van der Waals surface area contributed by atoms with E-state index in [1.165, 1.54) is 4.90 Å². The van der Waals surface area contributed by atoms with Crippen LogP contribution in [0, 0.1) is 17.3 Å². The Morgan fingerprint density at radius 1 is 1.08 bits per heavy atom. The fraction of sp³-hybridized carbons (Fsp3) is 0.750. The number of hydrogen-bond donors (Lipinski definition) is 1. The Bertz CT molecular complexity index is 967. The first kappa shape index (κ1) is 26.9. The third-order valence-electron chi connectivity index (χ3n) is 8.11. The van der Waals surface area contributed by atoms with Gasteiger partial charge in [0.1, 0.15) is 11.6 Å². The molecule has 4 rings (SSSR count). The van der Waals surface area contributed by atoms with Crippen molar-refractivity contribution in [2.75, 3.05) is 26.2 Å². The number of carbonyl (C=O) groups is 3. The molecule has 3 amide bonds. The Hall–Kier alpha value is -2.19. The van der Waals surface area contributed by atoms with E-state index in [1.54, 1.807) is 11.8 Å². The number of nitrogens with zero attached hydrogens (tertiary/aromatic N) is 3. The summed E-state index contributed by atoms with van der Waals surface area (Å²) in [6, 6.07) is -1.53. The van der Waals surface area contributed by atoms with Crippen molar-refractivity contribution in [2.45, 2.75) is 90.6 Å². The van der Waals surface area contributed by atoms with Crippen LogP contribution in [0.2, 0.25) is 0 Å². The number of amides is 3. The summed E-state index contributed by atoms with van der Waals surface area (Å²) >= 11 is 0. The number of aliphatic hydroxyl groups excluding tert-OH is 1. The number of rotatable bonds is 6. The van der Waals surface area contributed by atoms with Crippen molar-refractivity contribution >= 4 is 17.7 Å². The van der Waals surface area contributed by atoms with E-state index in [2.05, 4.69) is 34.6 Å². The van der Waals surface area contributed by atoms with Crippen LogP contribution in [-0.4, -0.2) is 93.1 Å². The second kappa shape index (κ2) is 9.28. The lowest BCUT2D eigenvalue weighted by Gasteiger charge is -2.45. The van der Waals surface area contributed by atoms with Gasteiger partial charge in [0.05, 0.1) is 30.6 Å². The maximum Gasteiger partial charge on any atom is 0.249 e. The molecule has 36 heavy (non-hydrogen) atoms. The van der Waals surface area contributed by atoms with Crippen LogP contribution in [0.25, 0.3) is 0 Å². The second-order valence-electron chi connectivity index (χ2n) is 12.7. The average Bonchev–Trinajstić information content (AvgIpc) is 3.09. The summed E-state index contributed by atoms with van der Waals surface area (Å²) in [4.78, 5) is 47.4. The normalized spacial score (nSPS) is 33.4. The highest BCUT2D eigenvalue weighted by atomic mass is 16.5. The molecule has 2 fully saturated rings. The van der Waals surface area contributed by atoms with E-state index >= 15 is 0 Å². The zero-order chi connectivity index (χ0) is 26.6. The SMILES string of the molecule is CCCN1CC=C[C@@H]2O[C@]34C=CCN(C(C)(C)CC(C)(C)C)C(=O)C3N([C@H](C)CO)C(=O)[C@@H]4[C@@H]2C1=O. The van der Waals surface area contributed by atoms with Gasteiger partial charge in [0.25, 0.3) is 0 Å². The predicted molar refractivity (Wildman–Crippen MR) is 137 cm³/mol. The molecular formula is C28H43N3O5. The number of hydrogen-bond acceptors (Lipinski definition) is 5. The quantitative estimate of drug-likeness (QED) is 0.565. The number of likely N-dealkylation sites (tertiary alicyclic amines) is 1. The minimum Gasteiger partial charge on any atom is -0.394 e. The summed E-state index contributed by atoms with van der Waals surface area (Å²) in [5, 5.41) is 10.1. The van der Waals surface area contributed by atoms with Crippen molar-refractivity contribution in [3.63, 3.8) is 0 Å². The minimum absolute atomic E-state index is 0.0133. The van der Waals surface area contributed by atoms with E-state index in [0.717, 1.165) is 12.8 Å². The number of carbonyl (C=O) groups excluding carboxylic acids is 3. The Kier molecular flexibility index (Phi) is 6.92. The highest BCUT2D eigenvalue weighted by Gasteiger charge is 2.72. The van der Waals surface area contributed by atoms with Crippen LogP contribution in [0.5, 0.6) is 0 Å². The molecule has 1 unspecified atom stereocenters. The van der Waals surface area contributed by atoms with Crippen LogP contribution < -0.4 is 0 Å². The topological polar surface area (TPSA) is 90.4 Å². The average molecular weight is 502 g/mol. The highest BCUT2D eigenvalue weighted by molar-refractivity contribution is 6.00. The van der Waals surface area contributed by atoms with E-state index in [1.807, 2.05) is 36.1 Å². The van der Waals surface area contributed by atoms with Gasteiger partial charge in [-0.15, -0.1) is 0 Å². The molecule has 1 spiro atoms. The summed E-state index contributed by atoms with van der Waals surface area (Å²) in [7, 11) is 0. The van der Waals surface area contributed by atoms with Gasteiger partial charge in [-0.25, -0.2) is 0 Å². The molecule has 0 saturated carbocycles. The number of ether oxygens (including phenoxy) is 1. The zero-order valence-corrected chi connectivity index (χ0v) is 22.9. The molecule has 200 valence electrons. The van der Waals surface area contributed by atoms with Crippen molar-refractivity contribution < 1.29 is 24.2 Å². The first-order chi connectivity index (χ1) is 16.8. The largest absolute Gasteiger partial charge is 0.394 e. The molecule has 2 saturated heterocycles. The molecule has 6 atom stereocenters. The van der Waals surface area contributed by atoms with Gasteiger partial charge in [0.15, 0.2) is 0 Å². The van der Waals surface area contributed by atoms with E-state index in [0.29, 0.717) is 19.6 Å². The first-order valence-electron chi connectivity index (χ1n) is 13.3. The van der Waals surface area contributed by atoms with Gasteiger partial charge in [-0.3, -0.25) is 14.4 Å². The zero-order valence-electron chi connectivity index (χ0n) is 22.9. The Morgan fingerprint density at radius 3 is 2.39 bits per heavy atom. The summed E-state index contributed by atoms with van der Waals surface area (Å²) in [5.41, 5.74) is -1.74. The van der Waals surface area contributed by atoms with Crippen molar-refractivity contribution in [1.29, 1.82) is 0 Å². The van der Waals surface area contributed by atoms with Crippen LogP contribution in [0.4, 0.5) is 0 Å². The number of aliphatic hydroxyl groups is 1. The summed E-state index contributed by atoms with van der Waals surface area (Å²) in [6.07, 6.45) is 8.63. The Morgan fingerprint density at radius 2 is 1.78 bits per heavy atom. The van der Waals surface area contributed by atoms with Crippen LogP contribution >= 0.6 is 0 Å². The van der Waals surface area contributed by atoms with Crippen molar-refractivity contribution in [3.05, 3.63) is 24.3 Å². The summed E-state index contributed by atoms with van der Waals surface area (Å²) < 4.78 is 6.65. The molecule has 8 nitrogen and oxygen atoms in total. The minimum atomic E-state index is -1.26. The van der Waals surface area contributed by atoms with E-state index in [4.69, 9.17) is 4.74 Å². The van der Waals surface area contributed by atoms with Crippen LogP contribution in [0.1, 0.15) is 61.3 Å². The van der Waals surface area contributed by atoms with Gasteiger partial charge >= 0.3 is 0 Å². The van der Waals surface area contributed by atoms with E-state index in [9.17, 15) is 19.5 Å². The first-order valence-corrected chi connectivity index (χ1v) is 13.3. The lowest BCUT2D eigenvalue weighted by atomic mass is 9.77. The third kappa shape index (κ3) is 4.20. The van der Waals surface area contributed by atoms with Crippen molar-refractivity contribution in [3.8, 4) is 0 Å². The maximum atomic E-state index is 14.4. The number of fused-ring (bicyclic) bond motifs is 2. The fourth-order valence-electron chi connectivity index (χ4n) is 7.10. The van der Waals surface area contributed by atoms with Gasteiger partial charge in [0.2, 0.25) is 17.7 Å². The Balaban J connectivity index is 1.82. The molecule has 0 aromatic rings. The molecule has 0 aromatic carbocycles. The summed E-state index contributed by atoms with van der Waals surface area (Å²) in [6.45, 7) is 15.5. The fourth-order valence-corrected chi connectivity index (χ4v) is 7.10. The predicted octanol–water partition coefficient (Wildman–Crippen LogP) is 2.37. The molecule has 0 bridgehead atoms. The third-order valence-corrected chi connectivity index (χ3v) is 8.11. The lowest BCUT2D eigenvalue weighted by molar-refractivity contribution is -0.154. The molecule has 4 heterocycles. The smallest absolute Gasteiger partial charge is 0.249 e. The van der Waals surface area contributed by atoms with Gasteiger partial charge in [-0.2, -0.15) is 0 Å². The maximum absolute atomic E-state index is 14.4. The van der Waals surface area contributed by atoms with Crippen LogP contribution in [-0.2, 0) is 19.1 Å². The van der Waals surface area contributed by atoms with Gasteiger partial charge < -0.3 is 24.5 Å². The van der Waals surface area contributed by atoms with E-state index in [-0.39, 0.29) is 29.7 Å². The van der Waals surface area contributed by atoms with E-state index < -0.39 is 41.2 Å². The molecule has 8 heteroatoms. The van der Waals surface area contributed by atoms with Crippen molar-refractivity contribution in [1.82, 2.24) is 14.7 Å². The molecule has 0 radical (unpaired) electrons. The molecule has 4 aliphatic heterocycles. The monoisotopic (exact) mass is 501 g/mol. The molecule has 0 aliphatic carbocycles. The molecule has 0 aromatic heterocycles. The van der Waals surface area contributed by atoms with Crippen LogP contribution in [0.15, 0.2) is 24.3 Å². The molecule has 4 aliphatic rings. The standard InChI is InChI=1S/C28H43N3O5/c1-8-13-29-14-9-11-19-20(23(29)33)21-24(34)31(18(2)16-32)22-25(35)30(15-10-12-28(21,22)36-19)27(6,7)17-26(3,4)5/h9-12,18-22,32H,8,13-17H2,1-7H3/t18-,19+,20-,21+,22?,28+/m1/s1.